The number of aliphatic hydroxyl groups is 1. The lowest BCUT2D eigenvalue weighted by Gasteiger charge is -2.58. The summed E-state index contributed by atoms with van der Waals surface area (Å²) in [7, 11) is 1.68. The van der Waals surface area contributed by atoms with Gasteiger partial charge in [0.2, 0.25) is 0 Å². The van der Waals surface area contributed by atoms with E-state index in [1.165, 1.54) is 12.0 Å². The van der Waals surface area contributed by atoms with Crippen molar-refractivity contribution in [2.75, 3.05) is 20.2 Å². The molecule has 5 atom stereocenters. The molecular formula is C27H31ClN2O2. The van der Waals surface area contributed by atoms with Crippen LogP contribution >= 0.6 is 0 Å². The second kappa shape index (κ2) is 9.22. The monoisotopic (exact) mass is 450 g/mol. The number of rotatable bonds is 6. The fourth-order valence-corrected chi connectivity index (χ4v) is 6.07. The summed E-state index contributed by atoms with van der Waals surface area (Å²) in [5.41, 5.74) is 3.19. The van der Waals surface area contributed by atoms with Gasteiger partial charge in [0.1, 0.15) is 24.4 Å². The highest BCUT2D eigenvalue weighted by Gasteiger charge is 2.53. The van der Waals surface area contributed by atoms with Gasteiger partial charge in [0.25, 0.3) is 0 Å². The Morgan fingerprint density at radius 1 is 1.22 bits per heavy atom. The topological polar surface area (TPSA) is 42.4 Å². The summed E-state index contributed by atoms with van der Waals surface area (Å²) in [6, 6.07) is 18.8. The minimum absolute atomic E-state index is 0. The lowest BCUT2D eigenvalue weighted by atomic mass is 9.71. The molecule has 3 aromatic rings. The SMILES string of the molecule is C=CC1C[N@+]2(Cc3ccccc3)CCC1CC2C(O)c1ccnc2ccc(OC)cc12.[Cl-]. The Bertz CT molecular complexity index is 1090. The first-order chi connectivity index (χ1) is 15.1. The standard InChI is InChI=1S/C27H31N2O2.ClH/c1-3-20-18-29(17-19-7-5-4-6-8-19)14-12-21(20)15-26(29)27(30)23-11-13-28-25-10-9-22(31-2)16-24(23)25;/h3-11,13,16,20-21,26-27,30H,1,12,14-15,17-18H2,2H3;1H/q+1;/p-1/t20?,21?,26?,27?,29-;/m1./s1. The second-order valence-corrected chi connectivity index (χ2v) is 9.25. The van der Waals surface area contributed by atoms with Crippen LogP contribution in [0.5, 0.6) is 5.75 Å². The maximum atomic E-state index is 11.8. The van der Waals surface area contributed by atoms with Crippen LogP contribution in [0.15, 0.2) is 73.4 Å². The third kappa shape index (κ3) is 3.92. The number of fused-ring (bicyclic) bond motifs is 4. The van der Waals surface area contributed by atoms with Crippen molar-refractivity contribution in [2.45, 2.75) is 31.5 Å². The summed E-state index contributed by atoms with van der Waals surface area (Å²) < 4.78 is 6.38. The summed E-state index contributed by atoms with van der Waals surface area (Å²) >= 11 is 0. The Morgan fingerprint density at radius 2 is 2.03 bits per heavy atom. The summed E-state index contributed by atoms with van der Waals surface area (Å²) in [6.07, 6.45) is 5.65. The van der Waals surface area contributed by atoms with Crippen molar-refractivity contribution < 1.29 is 26.7 Å². The maximum absolute atomic E-state index is 11.8. The van der Waals surface area contributed by atoms with Crippen LogP contribution in [0.3, 0.4) is 0 Å². The quantitative estimate of drug-likeness (QED) is 0.460. The number of ether oxygens (including phenoxy) is 1. The molecule has 3 aliphatic heterocycles. The smallest absolute Gasteiger partial charge is 0.131 e. The third-order valence-electron chi connectivity index (χ3n) is 7.68. The van der Waals surface area contributed by atoms with E-state index < -0.39 is 6.10 Å². The van der Waals surface area contributed by atoms with Crippen molar-refractivity contribution in [1.82, 2.24) is 4.98 Å². The Morgan fingerprint density at radius 3 is 2.78 bits per heavy atom. The van der Waals surface area contributed by atoms with Gasteiger partial charge in [-0.15, -0.1) is 6.58 Å². The minimum atomic E-state index is -0.546. The van der Waals surface area contributed by atoms with E-state index in [1.54, 1.807) is 7.11 Å². The molecule has 3 aliphatic rings. The van der Waals surface area contributed by atoms with Crippen LogP contribution in [0.1, 0.15) is 30.1 Å². The van der Waals surface area contributed by atoms with Gasteiger partial charge in [-0.2, -0.15) is 0 Å². The van der Waals surface area contributed by atoms with Gasteiger partial charge in [0.05, 0.1) is 25.7 Å². The molecule has 2 bridgehead atoms. The Hall–Kier alpha value is -2.40. The molecule has 5 heteroatoms. The van der Waals surface area contributed by atoms with Crippen LogP contribution in [0, 0.1) is 11.8 Å². The van der Waals surface area contributed by atoms with Crippen molar-refractivity contribution in [3.05, 3.63) is 84.6 Å². The minimum Gasteiger partial charge on any atom is -1.00 e. The molecule has 0 saturated carbocycles. The average Bonchev–Trinajstić information content (AvgIpc) is 2.83. The molecule has 168 valence electrons. The molecule has 32 heavy (non-hydrogen) atoms. The molecular weight excluding hydrogens is 420 g/mol. The van der Waals surface area contributed by atoms with Gasteiger partial charge < -0.3 is 26.7 Å². The van der Waals surface area contributed by atoms with Crippen molar-refractivity contribution in [3.63, 3.8) is 0 Å². The molecule has 1 N–H and O–H groups in total. The van der Waals surface area contributed by atoms with Crippen molar-refractivity contribution >= 4 is 10.9 Å². The number of nitrogens with zero attached hydrogens (tertiary/aromatic N) is 2. The van der Waals surface area contributed by atoms with Crippen LogP contribution in [0.25, 0.3) is 10.9 Å². The predicted molar refractivity (Wildman–Crippen MR) is 124 cm³/mol. The number of aromatic nitrogens is 1. The van der Waals surface area contributed by atoms with Gasteiger partial charge in [-0.3, -0.25) is 4.98 Å². The molecule has 3 saturated heterocycles. The largest absolute Gasteiger partial charge is 1.00 e. The molecule has 1 aromatic heterocycles. The van der Waals surface area contributed by atoms with E-state index in [9.17, 15) is 5.11 Å². The van der Waals surface area contributed by atoms with Crippen molar-refractivity contribution in [1.29, 1.82) is 0 Å². The van der Waals surface area contributed by atoms with E-state index in [-0.39, 0.29) is 18.4 Å². The number of piperidine rings is 3. The average molecular weight is 451 g/mol. The number of hydrogen-bond donors (Lipinski definition) is 1. The normalized spacial score (nSPS) is 27.5. The maximum Gasteiger partial charge on any atom is 0.131 e. The van der Waals surface area contributed by atoms with Gasteiger partial charge >= 0.3 is 0 Å². The molecule has 4 heterocycles. The van der Waals surface area contributed by atoms with E-state index in [0.717, 1.165) is 52.8 Å². The predicted octanol–water partition coefficient (Wildman–Crippen LogP) is 1.89. The fourth-order valence-electron chi connectivity index (χ4n) is 6.07. The first-order valence-corrected chi connectivity index (χ1v) is 11.3. The summed E-state index contributed by atoms with van der Waals surface area (Å²) in [5, 5.41) is 12.8. The third-order valence-corrected chi connectivity index (χ3v) is 7.68. The lowest BCUT2D eigenvalue weighted by Crippen LogP contribution is -3.00. The van der Waals surface area contributed by atoms with E-state index in [4.69, 9.17) is 4.74 Å². The molecule has 4 unspecified atom stereocenters. The van der Waals surface area contributed by atoms with Gasteiger partial charge in [0.15, 0.2) is 0 Å². The number of pyridine rings is 1. The Balaban J connectivity index is 0.00000245. The summed E-state index contributed by atoms with van der Waals surface area (Å²) in [4.78, 5) is 4.52. The number of hydrogen-bond acceptors (Lipinski definition) is 3. The van der Waals surface area contributed by atoms with E-state index >= 15 is 0 Å². The number of benzene rings is 2. The molecule has 0 radical (unpaired) electrons. The zero-order valence-electron chi connectivity index (χ0n) is 18.5. The van der Waals surface area contributed by atoms with Crippen LogP contribution in [0.4, 0.5) is 0 Å². The molecule has 3 fully saturated rings. The summed E-state index contributed by atoms with van der Waals surface area (Å²) in [5.74, 6) is 1.92. The van der Waals surface area contributed by atoms with E-state index in [0.29, 0.717) is 11.8 Å². The first-order valence-electron chi connectivity index (χ1n) is 11.3. The summed E-state index contributed by atoms with van der Waals surface area (Å²) in [6.45, 7) is 7.25. The molecule has 6 rings (SSSR count). The number of methoxy groups -OCH3 is 1. The zero-order valence-corrected chi connectivity index (χ0v) is 19.3. The number of quaternary nitrogens is 1. The number of aliphatic hydroxyl groups excluding tert-OH is 1. The Labute approximate surface area is 196 Å². The zero-order chi connectivity index (χ0) is 21.4. The molecule has 0 spiro atoms. The highest BCUT2D eigenvalue weighted by atomic mass is 35.5. The van der Waals surface area contributed by atoms with Gasteiger partial charge in [0, 0.05) is 35.9 Å². The van der Waals surface area contributed by atoms with E-state index in [2.05, 4.69) is 48.0 Å². The van der Waals surface area contributed by atoms with Crippen LogP contribution < -0.4 is 17.1 Å². The highest BCUT2D eigenvalue weighted by Crippen LogP contribution is 2.48. The first kappa shape index (κ1) is 22.8. The second-order valence-electron chi connectivity index (χ2n) is 9.25. The van der Waals surface area contributed by atoms with Gasteiger partial charge in [-0.25, -0.2) is 0 Å². The lowest BCUT2D eigenvalue weighted by molar-refractivity contribution is -0.984. The fraction of sp³-hybridized carbons (Fsp3) is 0.370. The molecule has 0 amide bonds. The van der Waals surface area contributed by atoms with E-state index in [1.807, 2.05) is 30.5 Å². The van der Waals surface area contributed by atoms with Gasteiger partial charge in [-0.05, 0) is 35.7 Å². The van der Waals surface area contributed by atoms with Crippen LogP contribution in [0.2, 0.25) is 0 Å². The van der Waals surface area contributed by atoms with Gasteiger partial charge in [-0.1, -0.05) is 36.4 Å². The molecule has 2 aromatic carbocycles. The van der Waals surface area contributed by atoms with Crippen molar-refractivity contribution in [2.24, 2.45) is 11.8 Å². The molecule has 4 nitrogen and oxygen atoms in total. The number of halogens is 1. The van der Waals surface area contributed by atoms with Crippen LogP contribution in [-0.2, 0) is 6.54 Å². The Kier molecular flexibility index (Phi) is 6.57. The van der Waals surface area contributed by atoms with Crippen molar-refractivity contribution in [3.8, 4) is 5.75 Å². The van der Waals surface area contributed by atoms with Crippen LogP contribution in [-0.4, -0.2) is 40.8 Å². The highest BCUT2D eigenvalue weighted by molar-refractivity contribution is 5.83. The molecule has 0 aliphatic carbocycles.